The molecule has 4 rings (SSSR count). The van der Waals surface area contributed by atoms with E-state index >= 15 is 0 Å². The summed E-state index contributed by atoms with van der Waals surface area (Å²) in [5, 5.41) is 2.71. The lowest BCUT2D eigenvalue weighted by Crippen LogP contribution is -2.40. The number of amides is 3. The number of nitrogens with one attached hydrogen (secondary N) is 1. The zero-order valence-electron chi connectivity index (χ0n) is 13.5. The highest BCUT2D eigenvalue weighted by Gasteiger charge is 2.36. The van der Waals surface area contributed by atoms with Crippen LogP contribution in [0.3, 0.4) is 0 Å². The molecule has 0 saturated carbocycles. The molecule has 132 valence electrons. The molecule has 7 nitrogen and oxygen atoms in total. The summed E-state index contributed by atoms with van der Waals surface area (Å²) in [6.45, 7) is 0.111. The first kappa shape index (κ1) is 16.6. The molecule has 2 aromatic carbocycles. The van der Waals surface area contributed by atoms with E-state index < -0.39 is 17.7 Å². The molecule has 0 atom stereocenters. The fourth-order valence-corrected chi connectivity index (χ4v) is 3.22. The standard InChI is InChI=1S/C18H13BrN2O5/c19-11-2-3-12-13(6-11)18(24)21(17(12)23)8-16(22)20-7-10-1-4-14-15(5-10)26-9-25-14/h1-6H,7-9H2,(H,20,22). The Bertz CT molecular complexity index is 943. The number of fused-ring (bicyclic) bond motifs is 2. The second kappa shape index (κ2) is 6.45. The number of imide groups is 1. The largest absolute Gasteiger partial charge is 0.454 e. The molecule has 0 fully saturated rings. The van der Waals surface area contributed by atoms with E-state index in [2.05, 4.69) is 21.2 Å². The van der Waals surface area contributed by atoms with Crippen molar-refractivity contribution in [1.82, 2.24) is 10.2 Å². The van der Waals surface area contributed by atoms with Crippen LogP contribution < -0.4 is 14.8 Å². The van der Waals surface area contributed by atoms with Crippen LogP contribution in [0.2, 0.25) is 0 Å². The normalized spacial score (nSPS) is 14.6. The minimum absolute atomic E-state index is 0.182. The molecule has 2 aliphatic rings. The van der Waals surface area contributed by atoms with Gasteiger partial charge in [-0.25, -0.2) is 0 Å². The van der Waals surface area contributed by atoms with Crippen LogP contribution in [-0.2, 0) is 11.3 Å². The first-order valence-corrected chi connectivity index (χ1v) is 8.63. The lowest BCUT2D eigenvalue weighted by Gasteiger charge is -2.13. The minimum Gasteiger partial charge on any atom is -0.454 e. The van der Waals surface area contributed by atoms with Crippen LogP contribution >= 0.6 is 15.9 Å². The van der Waals surface area contributed by atoms with Crippen molar-refractivity contribution in [2.45, 2.75) is 6.54 Å². The van der Waals surface area contributed by atoms with Gasteiger partial charge in [0.2, 0.25) is 12.7 Å². The summed E-state index contributed by atoms with van der Waals surface area (Å²) in [5.74, 6) is -0.0589. The molecule has 0 bridgehead atoms. The fourth-order valence-electron chi connectivity index (χ4n) is 2.86. The minimum atomic E-state index is -0.468. The maximum Gasteiger partial charge on any atom is 0.262 e. The molecule has 3 amide bonds. The molecule has 0 aliphatic carbocycles. The van der Waals surface area contributed by atoms with Gasteiger partial charge in [0.25, 0.3) is 11.8 Å². The maximum absolute atomic E-state index is 12.4. The summed E-state index contributed by atoms with van der Waals surface area (Å²) < 4.78 is 11.2. The van der Waals surface area contributed by atoms with E-state index in [-0.39, 0.29) is 19.9 Å². The average molecular weight is 417 g/mol. The summed E-state index contributed by atoms with van der Waals surface area (Å²) in [6.07, 6.45) is 0. The average Bonchev–Trinajstić information content (AvgIpc) is 3.18. The molecular formula is C18H13BrN2O5. The van der Waals surface area contributed by atoms with Gasteiger partial charge >= 0.3 is 0 Å². The SMILES string of the molecule is O=C(CN1C(=O)c2ccc(Br)cc2C1=O)NCc1ccc2c(c1)OCO2. The summed E-state index contributed by atoms with van der Waals surface area (Å²) in [4.78, 5) is 37.8. The molecule has 2 aromatic rings. The van der Waals surface area contributed by atoms with Crippen molar-refractivity contribution in [2.24, 2.45) is 0 Å². The Morgan fingerprint density at radius 3 is 2.65 bits per heavy atom. The predicted octanol–water partition coefficient (Wildman–Crippen LogP) is 2.09. The van der Waals surface area contributed by atoms with Crippen LogP contribution in [0, 0.1) is 0 Å². The number of carbonyl (C=O) groups is 3. The van der Waals surface area contributed by atoms with Gasteiger partial charge in [-0.05, 0) is 35.9 Å². The highest BCUT2D eigenvalue weighted by Crippen LogP contribution is 2.32. The fraction of sp³-hybridized carbons (Fsp3) is 0.167. The van der Waals surface area contributed by atoms with Gasteiger partial charge in [0.15, 0.2) is 11.5 Å². The number of benzene rings is 2. The summed E-state index contributed by atoms with van der Waals surface area (Å²) in [7, 11) is 0. The van der Waals surface area contributed by atoms with Gasteiger partial charge in [-0.1, -0.05) is 22.0 Å². The first-order valence-electron chi connectivity index (χ1n) is 7.84. The molecular weight excluding hydrogens is 404 g/mol. The van der Waals surface area contributed by atoms with E-state index in [9.17, 15) is 14.4 Å². The quantitative estimate of drug-likeness (QED) is 0.771. The highest BCUT2D eigenvalue weighted by molar-refractivity contribution is 9.10. The number of halogens is 1. The van der Waals surface area contributed by atoms with Crippen molar-refractivity contribution in [3.05, 3.63) is 57.6 Å². The topological polar surface area (TPSA) is 84.9 Å². The number of carbonyl (C=O) groups excluding carboxylic acids is 3. The van der Waals surface area contributed by atoms with E-state index in [1.165, 1.54) is 0 Å². The third kappa shape index (κ3) is 2.92. The molecule has 0 saturated heterocycles. The lowest BCUT2D eigenvalue weighted by molar-refractivity contribution is -0.121. The van der Waals surface area contributed by atoms with Crippen molar-refractivity contribution in [3.8, 4) is 11.5 Å². The molecule has 2 aliphatic heterocycles. The molecule has 0 radical (unpaired) electrons. The Morgan fingerprint density at radius 1 is 1.04 bits per heavy atom. The van der Waals surface area contributed by atoms with E-state index in [1.54, 1.807) is 30.3 Å². The van der Waals surface area contributed by atoms with Gasteiger partial charge in [-0.15, -0.1) is 0 Å². The van der Waals surface area contributed by atoms with Gasteiger partial charge in [0.05, 0.1) is 11.1 Å². The zero-order chi connectivity index (χ0) is 18.3. The van der Waals surface area contributed by atoms with Crippen LogP contribution in [0.1, 0.15) is 26.3 Å². The Balaban J connectivity index is 1.39. The van der Waals surface area contributed by atoms with Crippen LogP contribution in [-0.4, -0.2) is 36.0 Å². The Morgan fingerprint density at radius 2 is 1.81 bits per heavy atom. The van der Waals surface area contributed by atoms with E-state index in [0.717, 1.165) is 10.5 Å². The van der Waals surface area contributed by atoms with Crippen molar-refractivity contribution < 1.29 is 23.9 Å². The Labute approximate surface area is 157 Å². The van der Waals surface area contributed by atoms with E-state index in [1.807, 2.05) is 6.07 Å². The number of ether oxygens (including phenoxy) is 2. The summed E-state index contributed by atoms with van der Waals surface area (Å²) in [5.41, 5.74) is 1.43. The number of hydrogen-bond acceptors (Lipinski definition) is 5. The maximum atomic E-state index is 12.4. The third-order valence-electron chi connectivity index (χ3n) is 4.16. The van der Waals surface area contributed by atoms with Crippen molar-refractivity contribution in [3.63, 3.8) is 0 Å². The molecule has 0 aromatic heterocycles. The van der Waals surface area contributed by atoms with Gasteiger partial charge in [0.1, 0.15) is 6.54 Å². The first-order chi connectivity index (χ1) is 12.5. The van der Waals surface area contributed by atoms with Gasteiger partial charge in [0, 0.05) is 11.0 Å². The Hall–Kier alpha value is -2.87. The molecule has 2 heterocycles. The summed E-state index contributed by atoms with van der Waals surface area (Å²) in [6, 6.07) is 10.2. The van der Waals surface area contributed by atoms with Crippen LogP contribution in [0.4, 0.5) is 0 Å². The smallest absolute Gasteiger partial charge is 0.262 e. The van der Waals surface area contributed by atoms with E-state index in [4.69, 9.17) is 9.47 Å². The predicted molar refractivity (Wildman–Crippen MR) is 93.9 cm³/mol. The van der Waals surface area contributed by atoms with Crippen LogP contribution in [0.15, 0.2) is 40.9 Å². The second-order valence-electron chi connectivity index (χ2n) is 5.85. The molecule has 8 heteroatoms. The lowest BCUT2D eigenvalue weighted by atomic mass is 10.1. The molecule has 0 unspecified atom stereocenters. The van der Waals surface area contributed by atoms with Crippen molar-refractivity contribution in [1.29, 1.82) is 0 Å². The van der Waals surface area contributed by atoms with Crippen LogP contribution in [0.25, 0.3) is 0 Å². The molecule has 0 spiro atoms. The monoisotopic (exact) mass is 416 g/mol. The number of hydrogen-bond donors (Lipinski definition) is 1. The van der Waals surface area contributed by atoms with Crippen molar-refractivity contribution in [2.75, 3.05) is 13.3 Å². The van der Waals surface area contributed by atoms with Crippen molar-refractivity contribution >= 4 is 33.7 Å². The van der Waals surface area contributed by atoms with Gasteiger partial charge < -0.3 is 14.8 Å². The van der Waals surface area contributed by atoms with Crippen LogP contribution in [0.5, 0.6) is 11.5 Å². The Kier molecular flexibility index (Phi) is 4.12. The second-order valence-corrected chi connectivity index (χ2v) is 6.77. The number of nitrogens with zero attached hydrogens (tertiary/aromatic N) is 1. The third-order valence-corrected chi connectivity index (χ3v) is 4.65. The van der Waals surface area contributed by atoms with E-state index in [0.29, 0.717) is 27.1 Å². The molecule has 26 heavy (non-hydrogen) atoms. The van der Waals surface area contributed by atoms with Gasteiger partial charge in [-0.3, -0.25) is 19.3 Å². The van der Waals surface area contributed by atoms with Gasteiger partial charge in [-0.2, -0.15) is 0 Å². The summed E-state index contributed by atoms with van der Waals surface area (Å²) >= 11 is 3.27. The molecule has 1 N–H and O–H groups in total. The zero-order valence-corrected chi connectivity index (χ0v) is 15.0. The highest BCUT2D eigenvalue weighted by atomic mass is 79.9. The number of rotatable bonds is 4.